The normalized spacial score (nSPS) is 22.1. The molecule has 20 heavy (non-hydrogen) atoms. The number of hydrogen-bond donors (Lipinski definition) is 3. The van der Waals surface area contributed by atoms with Crippen molar-refractivity contribution in [2.45, 2.75) is 31.7 Å². The van der Waals surface area contributed by atoms with Crippen LogP contribution in [0.3, 0.4) is 0 Å². The number of aliphatic hydroxyl groups is 1. The lowest BCUT2D eigenvalue weighted by Gasteiger charge is -2.12. The van der Waals surface area contributed by atoms with Crippen LogP contribution in [0.25, 0.3) is 0 Å². The van der Waals surface area contributed by atoms with Crippen LogP contribution >= 0.6 is 15.9 Å². The minimum atomic E-state index is -0.116. The molecule has 1 fully saturated rings. The number of hydrogen-bond acceptors (Lipinski definition) is 2. The Labute approximate surface area is 128 Å². The van der Waals surface area contributed by atoms with Crippen LogP contribution in [0.5, 0.6) is 0 Å². The molecule has 1 aromatic carbocycles. The van der Waals surface area contributed by atoms with Gasteiger partial charge >= 0.3 is 6.03 Å². The number of carbonyl (C=O) groups is 1. The van der Waals surface area contributed by atoms with Gasteiger partial charge in [-0.1, -0.05) is 41.1 Å². The van der Waals surface area contributed by atoms with Gasteiger partial charge in [-0.3, -0.25) is 0 Å². The highest BCUT2D eigenvalue weighted by molar-refractivity contribution is 9.10. The molecule has 0 unspecified atom stereocenters. The van der Waals surface area contributed by atoms with E-state index in [0.717, 1.165) is 10.9 Å². The Hall–Kier alpha value is -1.07. The molecule has 0 heterocycles. The summed E-state index contributed by atoms with van der Waals surface area (Å²) in [4.78, 5) is 11.8. The van der Waals surface area contributed by atoms with Crippen molar-refractivity contribution in [3.63, 3.8) is 0 Å². The number of aliphatic hydroxyl groups excluding tert-OH is 1. The van der Waals surface area contributed by atoms with Crippen molar-refractivity contribution in [2.75, 3.05) is 13.2 Å². The minimum Gasteiger partial charge on any atom is -0.396 e. The number of rotatable bonds is 6. The van der Waals surface area contributed by atoms with Crippen LogP contribution in [0, 0.1) is 5.92 Å². The zero-order valence-electron chi connectivity index (χ0n) is 11.6. The van der Waals surface area contributed by atoms with E-state index in [1.165, 1.54) is 5.56 Å². The van der Waals surface area contributed by atoms with Gasteiger partial charge in [0.05, 0.1) is 0 Å². The molecule has 2 amide bonds. The van der Waals surface area contributed by atoms with E-state index in [9.17, 15) is 4.79 Å². The van der Waals surface area contributed by atoms with E-state index in [0.29, 0.717) is 24.8 Å². The van der Waals surface area contributed by atoms with Gasteiger partial charge in [0.15, 0.2) is 0 Å². The molecule has 0 spiro atoms. The lowest BCUT2D eigenvalue weighted by Crippen LogP contribution is -2.39. The lowest BCUT2D eigenvalue weighted by atomic mass is 10.1. The molecule has 1 aliphatic rings. The molecule has 0 aromatic heterocycles. The topological polar surface area (TPSA) is 61.4 Å². The van der Waals surface area contributed by atoms with Crippen molar-refractivity contribution in [3.05, 3.63) is 34.3 Å². The van der Waals surface area contributed by atoms with Crippen LogP contribution < -0.4 is 10.6 Å². The van der Waals surface area contributed by atoms with Crippen molar-refractivity contribution >= 4 is 22.0 Å². The summed E-state index contributed by atoms with van der Waals surface area (Å²) in [6, 6.07) is 8.25. The van der Waals surface area contributed by atoms with Crippen molar-refractivity contribution in [3.8, 4) is 0 Å². The molecule has 1 saturated carbocycles. The van der Waals surface area contributed by atoms with Gasteiger partial charge in [0.25, 0.3) is 0 Å². The second-order valence-electron chi connectivity index (χ2n) is 5.44. The standard InChI is InChI=1S/C15H21BrN2O2/c1-10(6-7-19)9-17-15(20)18-14-8-12(14)11-4-2-3-5-13(11)16/h2-5,10,12,14,19H,6-9H2,1H3,(H2,17,18,20)/t10-,12+,14+/m1/s1. The average molecular weight is 341 g/mol. The average Bonchev–Trinajstić information content (AvgIpc) is 3.16. The predicted octanol–water partition coefficient (Wildman–Crippen LogP) is 2.62. The Bertz CT molecular complexity index is 467. The zero-order chi connectivity index (χ0) is 14.5. The molecular formula is C15H21BrN2O2. The molecule has 3 atom stereocenters. The van der Waals surface area contributed by atoms with E-state index >= 15 is 0 Å². The molecule has 1 aliphatic carbocycles. The third-order valence-electron chi connectivity index (χ3n) is 3.64. The van der Waals surface area contributed by atoms with E-state index in [1.807, 2.05) is 25.1 Å². The summed E-state index contributed by atoms with van der Waals surface area (Å²) in [6.45, 7) is 2.77. The summed E-state index contributed by atoms with van der Waals surface area (Å²) < 4.78 is 1.10. The van der Waals surface area contributed by atoms with Crippen molar-refractivity contribution in [1.29, 1.82) is 0 Å². The van der Waals surface area contributed by atoms with E-state index < -0.39 is 0 Å². The van der Waals surface area contributed by atoms with Gasteiger partial charge < -0.3 is 15.7 Å². The van der Waals surface area contributed by atoms with E-state index in [1.54, 1.807) is 0 Å². The van der Waals surface area contributed by atoms with Crippen LogP contribution in [0.2, 0.25) is 0 Å². The molecule has 0 radical (unpaired) electrons. The summed E-state index contributed by atoms with van der Waals surface area (Å²) >= 11 is 3.55. The predicted molar refractivity (Wildman–Crippen MR) is 82.7 cm³/mol. The quantitative estimate of drug-likeness (QED) is 0.745. The fourth-order valence-electron chi connectivity index (χ4n) is 2.28. The van der Waals surface area contributed by atoms with Crippen LogP contribution in [0.15, 0.2) is 28.7 Å². The highest BCUT2D eigenvalue weighted by atomic mass is 79.9. The van der Waals surface area contributed by atoms with Gasteiger partial charge in [0, 0.05) is 29.6 Å². The van der Waals surface area contributed by atoms with E-state index in [2.05, 4.69) is 32.6 Å². The van der Waals surface area contributed by atoms with Crippen molar-refractivity contribution in [1.82, 2.24) is 10.6 Å². The van der Waals surface area contributed by atoms with Crippen LogP contribution in [0.1, 0.15) is 31.2 Å². The smallest absolute Gasteiger partial charge is 0.315 e. The van der Waals surface area contributed by atoms with Crippen LogP contribution in [-0.2, 0) is 0 Å². The molecule has 110 valence electrons. The second-order valence-corrected chi connectivity index (χ2v) is 6.30. The first-order valence-electron chi connectivity index (χ1n) is 7.01. The van der Waals surface area contributed by atoms with Gasteiger partial charge in [-0.15, -0.1) is 0 Å². The van der Waals surface area contributed by atoms with Gasteiger partial charge in [0.1, 0.15) is 0 Å². The molecular weight excluding hydrogens is 320 g/mol. The Kier molecular flexibility index (Phi) is 5.43. The molecule has 2 rings (SSSR count). The zero-order valence-corrected chi connectivity index (χ0v) is 13.2. The third kappa shape index (κ3) is 4.21. The summed E-state index contributed by atoms with van der Waals surface area (Å²) in [6.07, 6.45) is 1.70. The highest BCUT2D eigenvalue weighted by Crippen LogP contribution is 2.43. The first-order chi connectivity index (χ1) is 9.61. The van der Waals surface area contributed by atoms with Crippen molar-refractivity contribution in [2.24, 2.45) is 5.92 Å². The molecule has 3 N–H and O–H groups in total. The largest absolute Gasteiger partial charge is 0.396 e. The van der Waals surface area contributed by atoms with Gasteiger partial charge in [-0.05, 0) is 30.4 Å². The maximum Gasteiger partial charge on any atom is 0.315 e. The molecule has 5 heteroatoms. The first-order valence-corrected chi connectivity index (χ1v) is 7.80. The summed E-state index contributed by atoms with van der Waals surface area (Å²) in [5.41, 5.74) is 1.26. The molecule has 1 aromatic rings. The first kappa shape index (κ1) is 15.3. The van der Waals surface area contributed by atoms with E-state index in [4.69, 9.17) is 5.11 Å². The van der Waals surface area contributed by atoms with Crippen LogP contribution in [0.4, 0.5) is 4.79 Å². The molecule has 0 bridgehead atoms. The summed E-state index contributed by atoms with van der Waals surface area (Å²) in [5, 5.41) is 14.7. The number of benzene rings is 1. The fourth-order valence-corrected chi connectivity index (χ4v) is 2.86. The Balaban J connectivity index is 1.74. The highest BCUT2D eigenvalue weighted by Gasteiger charge is 2.40. The number of nitrogens with one attached hydrogen (secondary N) is 2. The Morgan fingerprint density at radius 1 is 1.50 bits per heavy atom. The van der Waals surface area contributed by atoms with E-state index in [-0.39, 0.29) is 18.7 Å². The minimum absolute atomic E-state index is 0.116. The number of amides is 2. The van der Waals surface area contributed by atoms with Gasteiger partial charge in [0.2, 0.25) is 0 Å². The SMILES string of the molecule is C[C@H](CCO)CNC(=O)N[C@H]1C[C@H]1c1ccccc1Br. The number of carbonyl (C=O) groups excluding carboxylic acids is 1. The summed E-state index contributed by atoms with van der Waals surface area (Å²) in [7, 11) is 0. The molecule has 0 aliphatic heterocycles. The molecule has 4 nitrogen and oxygen atoms in total. The maximum absolute atomic E-state index is 11.8. The fraction of sp³-hybridized carbons (Fsp3) is 0.533. The summed E-state index contributed by atoms with van der Waals surface area (Å²) in [5.74, 6) is 0.704. The van der Waals surface area contributed by atoms with Gasteiger partial charge in [-0.25, -0.2) is 4.79 Å². The van der Waals surface area contributed by atoms with Gasteiger partial charge in [-0.2, -0.15) is 0 Å². The van der Waals surface area contributed by atoms with Crippen LogP contribution in [-0.4, -0.2) is 30.3 Å². The lowest BCUT2D eigenvalue weighted by molar-refractivity contribution is 0.233. The Morgan fingerprint density at radius 2 is 2.25 bits per heavy atom. The van der Waals surface area contributed by atoms with Crippen molar-refractivity contribution < 1.29 is 9.90 Å². The third-order valence-corrected chi connectivity index (χ3v) is 4.37. The maximum atomic E-state index is 11.8. The molecule has 0 saturated heterocycles. The number of urea groups is 1. The Morgan fingerprint density at radius 3 is 2.95 bits per heavy atom. The monoisotopic (exact) mass is 340 g/mol. The second kappa shape index (κ2) is 7.09. The number of halogens is 1.